The minimum absolute atomic E-state index is 0.0895. The van der Waals surface area contributed by atoms with Crippen LogP contribution in [-0.4, -0.2) is 11.9 Å². The first-order valence-electron chi connectivity index (χ1n) is 7.37. The summed E-state index contributed by atoms with van der Waals surface area (Å²) in [5.74, 6) is -0.0895. The molecule has 120 valence electrons. The highest BCUT2D eigenvalue weighted by Crippen LogP contribution is 2.27. The molecule has 2 aromatic rings. The third kappa shape index (κ3) is 3.75. The summed E-state index contributed by atoms with van der Waals surface area (Å²) in [7, 11) is 0. The van der Waals surface area contributed by atoms with E-state index in [1.807, 2.05) is 43.3 Å². The van der Waals surface area contributed by atoms with Crippen LogP contribution in [0, 0.1) is 6.92 Å². The molecule has 0 spiro atoms. The number of para-hydroxylation sites is 1. The van der Waals surface area contributed by atoms with Crippen LogP contribution in [0.3, 0.4) is 0 Å². The van der Waals surface area contributed by atoms with Gasteiger partial charge in [-0.25, -0.2) is 10.9 Å². The Kier molecular flexibility index (Phi) is 5.02. The average molecular weight is 395 g/mol. The van der Waals surface area contributed by atoms with Crippen LogP contribution in [0.25, 0.3) is 0 Å². The second-order valence-electron chi connectivity index (χ2n) is 5.60. The highest BCUT2D eigenvalue weighted by molar-refractivity contribution is 9.10. The maximum Gasteiger partial charge on any atom is 0.242 e. The van der Waals surface area contributed by atoms with Gasteiger partial charge in [0.05, 0.1) is 10.7 Å². The van der Waals surface area contributed by atoms with Gasteiger partial charge in [0.1, 0.15) is 6.04 Å². The number of hydrogen-bond donors (Lipinski definition) is 3. The fourth-order valence-corrected chi connectivity index (χ4v) is 3.18. The molecule has 1 heterocycles. The van der Waals surface area contributed by atoms with E-state index in [0.29, 0.717) is 17.1 Å². The van der Waals surface area contributed by atoms with Crippen molar-refractivity contribution in [3.8, 4) is 0 Å². The molecule has 0 aliphatic carbocycles. The van der Waals surface area contributed by atoms with Crippen molar-refractivity contribution in [2.24, 2.45) is 0 Å². The molecular weight excluding hydrogens is 378 g/mol. The van der Waals surface area contributed by atoms with Crippen LogP contribution in [0.1, 0.15) is 23.6 Å². The van der Waals surface area contributed by atoms with Crippen molar-refractivity contribution in [3.05, 3.63) is 63.1 Å². The number of nitrogens with one attached hydrogen (secondary N) is 3. The lowest BCUT2D eigenvalue weighted by Gasteiger charge is -2.13. The maximum absolute atomic E-state index is 12.5. The van der Waals surface area contributed by atoms with Crippen LogP contribution in [0.5, 0.6) is 0 Å². The van der Waals surface area contributed by atoms with Crippen LogP contribution in [0.2, 0.25) is 5.02 Å². The summed E-state index contributed by atoms with van der Waals surface area (Å²) in [5, 5.41) is 3.47. The van der Waals surface area contributed by atoms with Gasteiger partial charge in [0, 0.05) is 10.5 Å². The highest BCUT2D eigenvalue weighted by atomic mass is 79.9. The molecule has 0 saturated carbocycles. The molecule has 1 aliphatic rings. The van der Waals surface area contributed by atoms with Crippen molar-refractivity contribution < 1.29 is 4.79 Å². The van der Waals surface area contributed by atoms with Gasteiger partial charge in [-0.3, -0.25) is 4.79 Å². The Morgan fingerprint density at radius 1 is 1.22 bits per heavy atom. The molecule has 3 N–H and O–H groups in total. The first-order chi connectivity index (χ1) is 11.0. The Hall–Kier alpha value is -1.40. The van der Waals surface area contributed by atoms with Gasteiger partial charge in [0.15, 0.2) is 0 Å². The Bertz CT molecular complexity index is 700. The smallest absolute Gasteiger partial charge is 0.242 e. The Morgan fingerprint density at radius 3 is 2.65 bits per heavy atom. The minimum atomic E-state index is -0.306. The number of anilines is 1. The molecule has 2 atom stereocenters. The zero-order chi connectivity index (χ0) is 16.4. The summed E-state index contributed by atoms with van der Waals surface area (Å²) in [4.78, 5) is 12.5. The quantitative estimate of drug-likeness (QED) is 0.738. The van der Waals surface area contributed by atoms with Crippen molar-refractivity contribution in [2.75, 3.05) is 5.32 Å². The van der Waals surface area contributed by atoms with E-state index in [-0.39, 0.29) is 18.0 Å². The average Bonchev–Trinajstić information content (AvgIpc) is 3.02. The first-order valence-corrected chi connectivity index (χ1v) is 8.54. The number of benzene rings is 2. The minimum Gasteiger partial charge on any atom is -0.323 e. The van der Waals surface area contributed by atoms with Crippen molar-refractivity contribution in [1.29, 1.82) is 0 Å². The van der Waals surface area contributed by atoms with Crippen molar-refractivity contribution in [3.63, 3.8) is 0 Å². The van der Waals surface area contributed by atoms with Gasteiger partial charge in [0.25, 0.3) is 0 Å². The van der Waals surface area contributed by atoms with E-state index in [9.17, 15) is 4.79 Å². The molecule has 0 aromatic heterocycles. The first kappa shape index (κ1) is 16.5. The predicted molar refractivity (Wildman–Crippen MR) is 96.4 cm³/mol. The van der Waals surface area contributed by atoms with Gasteiger partial charge in [-0.1, -0.05) is 51.8 Å². The number of aryl methyl sites for hydroxylation is 1. The number of hydrazine groups is 1. The number of halogens is 2. The molecule has 1 fully saturated rings. The third-order valence-corrected chi connectivity index (χ3v) is 4.81. The summed E-state index contributed by atoms with van der Waals surface area (Å²) in [5.41, 5.74) is 9.00. The fraction of sp³-hybridized carbons (Fsp3) is 0.235. The van der Waals surface area contributed by atoms with Crippen LogP contribution in [0.4, 0.5) is 5.69 Å². The van der Waals surface area contributed by atoms with E-state index in [2.05, 4.69) is 32.1 Å². The molecule has 2 unspecified atom stereocenters. The number of carbonyl (C=O) groups excluding carboxylic acids is 1. The van der Waals surface area contributed by atoms with Crippen LogP contribution < -0.4 is 16.2 Å². The summed E-state index contributed by atoms with van der Waals surface area (Å²) < 4.78 is 1.04. The van der Waals surface area contributed by atoms with Gasteiger partial charge < -0.3 is 5.32 Å². The predicted octanol–water partition coefficient (Wildman–Crippen LogP) is 3.96. The Balaban J connectivity index is 1.67. The van der Waals surface area contributed by atoms with E-state index >= 15 is 0 Å². The second kappa shape index (κ2) is 7.01. The molecule has 4 nitrogen and oxygen atoms in total. The summed E-state index contributed by atoms with van der Waals surface area (Å²) >= 11 is 9.59. The van der Waals surface area contributed by atoms with E-state index in [1.165, 1.54) is 0 Å². The van der Waals surface area contributed by atoms with E-state index in [4.69, 9.17) is 11.6 Å². The summed E-state index contributed by atoms with van der Waals surface area (Å²) in [6.07, 6.45) is 0.678. The van der Waals surface area contributed by atoms with E-state index in [0.717, 1.165) is 15.6 Å². The zero-order valence-electron chi connectivity index (χ0n) is 12.6. The van der Waals surface area contributed by atoms with E-state index in [1.54, 1.807) is 6.07 Å². The summed E-state index contributed by atoms with van der Waals surface area (Å²) in [6.45, 7) is 1.92. The molecule has 0 bridgehead atoms. The lowest BCUT2D eigenvalue weighted by molar-refractivity contribution is -0.117. The Labute approximate surface area is 148 Å². The lowest BCUT2D eigenvalue weighted by Crippen LogP contribution is -2.39. The van der Waals surface area contributed by atoms with Gasteiger partial charge >= 0.3 is 0 Å². The lowest BCUT2D eigenvalue weighted by atomic mass is 10.0. The maximum atomic E-state index is 12.5. The number of rotatable bonds is 3. The van der Waals surface area contributed by atoms with Gasteiger partial charge in [-0.15, -0.1) is 0 Å². The molecule has 2 aromatic carbocycles. The highest BCUT2D eigenvalue weighted by Gasteiger charge is 2.30. The molecular formula is C17H17BrClN3O. The number of hydrogen-bond acceptors (Lipinski definition) is 3. The second-order valence-corrected chi connectivity index (χ2v) is 6.92. The van der Waals surface area contributed by atoms with Crippen molar-refractivity contribution in [2.45, 2.75) is 25.4 Å². The largest absolute Gasteiger partial charge is 0.323 e. The Morgan fingerprint density at radius 2 is 1.96 bits per heavy atom. The van der Waals surface area contributed by atoms with E-state index < -0.39 is 0 Å². The number of carbonyl (C=O) groups is 1. The molecule has 6 heteroatoms. The van der Waals surface area contributed by atoms with Gasteiger partial charge in [-0.05, 0) is 42.7 Å². The number of amides is 1. The monoisotopic (exact) mass is 393 g/mol. The zero-order valence-corrected chi connectivity index (χ0v) is 14.9. The molecule has 23 heavy (non-hydrogen) atoms. The van der Waals surface area contributed by atoms with Crippen LogP contribution in [-0.2, 0) is 4.79 Å². The van der Waals surface area contributed by atoms with Crippen LogP contribution in [0.15, 0.2) is 46.9 Å². The van der Waals surface area contributed by atoms with Crippen LogP contribution >= 0.6 is 27.5 Å². The molecule has 0 radical (unpaired) electrons. The fourth-order valence-electron chi connectivity index (χ4n) is 2.64. The van der Waals surface area contributed by atoms with Crippen molar-refractivity contribution >= 4 is 39.1 Å². The SMILES string of the molecule is Cc1cccc(Cl)c1NC(=O)C1CC(c2ccc(Br)cc2)NN1. The third-order valence-electron chi connectivity index (χ3n) is 3.96. The van der Waals surface area contributed by atoms with Gasteiger partial charge in [0.2, 0.25) is 5.91 Å². The standard InChI is InChI=1S/C17H17BrClN3O/c1-10-3-2-4-13(19)16(10)20-17(23)15-9-14(21-22-15)11-5-7-12(18)8-6-11/h2-8,14-15,21-22H,9H2,1H3,(H,20,23). The molecule has 1 saturated heterocycles. The molecule has 3 rings (SSSR count). The topological polar surface area (TPSA) is 53.2 Å². The summed E-state index contributed by atoms with van der Waals surface area (Å²) in [6, 6.07) is 13.4. The van der Waals surface area contributed by atoms with Crippen molar-refractivity contribution in [1.82, 2.24) is 10.9 Å². The molecule has 1 amide bonds. The van der Waals surface area contributed by atoms with Gasteiger partial charge in [-0.2, -0.15) is 0 Å². The molecule has 1 aliphatic heterocycles. The normalized spacial score (nSPS) is 20.5.